The molecule has 0 spiro atoms. The van der Waals surface area contributed by atoms with E-state index in [0.29, 0.717) is 18.7 Å². The van der Waals surface area contributed by atoms with Crippen LogP contribution < -0.4 is 4.74 Å². The van der Waals surface area contributed by atoms with E-state index in [2.05, 4.69) is 22.6 Å². The molecule has 1 amide bonds. The molecule has 1 fully saturated rings. The number of carbonyl (C=O) groups excluding carboxylic acids is 1. The molecule has 21 heavy (non-hydrogen) atoms. The molecule has 0 N–H and O–H groups in total. The Bertz CT molecular complexity index is 490. The summed E-state index contributed by atoms with van der Waals surface area (Å²) < 4.78 is 44.4. The lowest BCUT2D eigenvalue weighted by Crippen LogP contribution is -2.46. The topological polar surface area (TPSA) is 29.5 Å². The molecule has 0 bridgehead atoms. The van der Waals surface area contributed by atoms with Crippen molar-refractivity contribution in [3.05, 3.63) is 27.8 Å². The minimum Gasteiger partial charge on any atom is -0.484 e. The number of hydrogen-bond acceptors (Lipinski definition) is 2. The Hall–Kier alpha value is -0.990. The lowest BCUT2D eigenvalue weighted by molar-refractivity contribution is -0.188. The number of benzene rings is 1. The molecule has 0 aliphatic carbocycles. The number of rotatable bonds is 3. The van der Waals surface area contributed by atoms with Gasteiger partial charge in [0.25, 0.3) is 5.91 Å². The van der Waals surface area contributed by atoms with E-state index in [0.717, 1.165) is 3.57 Å². The van der Waals surface area contributed by atoms with Gasteiger partial charge in [0.15, 0.2) is 6.61 Å². The van der Waals surface area contributed by atoms with Gasteiger partial charge in [-0.2, -0.15) is 13.2 Å². The van der Waals surface area contributed by atoms with E-state index in [1.165, 1.54) is 4.90 Å². The monoisotopic (exact) mass is 413 g/mol. The lowest BCUT2D eigenvalue weighted by Gasteiger charge is -2.33. The smallest absolute Gasteiger partial charge is 0.393 e. The summed E-state index contributed by atoms with van der Waals surface area (Å²) >= 11 is 2.15. The van der Waals surface area contributed by atoms with Crippen molar-refractivity contribution < 1.29 is 22.7 Å². The second-order valence-corrected chi connectivity index (χ2v) is 6.21. The van der Waals surface area contributed by atoms with Gasteiger partial charge in [0.1, 0.15) is 5.75 Å². The van der Waals surface area contributed by atoms with Crippen molar-refractivity contribution in [2.24, 2.45) is 5.92 Å². The minimum absolute atomic E-state index is 0.0886. The summed E-state index contributed by atoms with van der Waals surface area (Å²) in [6.45, 7) is -0.134. The highest BCUT2D eigenvalue weighted by molar-refractivity contribution is 14.1. The maximum atomic E-state index is 12.7. The van der Waals surface area contributed by atoms with Gasteiger partial charge in [0.05, 0.1) is 5.92 Å². The van der Waals surface area contributed by atoms with E-state index in [-0.39, 0.29) is 19.6 Å². The van der Waals surface area contributed by atoms with Crippen LogP contribution in [0.1, 0.15) is 12.8 Å². The van der Waals surface area contributed by atoms with Gasteiger partial charge in [-0.25, -0.2) is 0 Å². The zero-order chi connectivity index (χ0) is 15.5. The van der Waals surface area contributed by atoms with Crippen molar-refractivity contribution in [1.82, 2.24) is 4.90 Å². The van der Waals surface area contributed by atoms with E-state index in [4.69, 9.17) is 4.74 Å². The largest absolute Gasteiger partial charge is 0.484 e. The van der Waals surface area contributed by atoms with E-state index < -0.39 is 18.0 Å². The molecule has 1 heterocycles. The van der Waals surface area contributed by atoms with Crippen LogP contribution >= 0.6 is 22.6 Å². The van der Waals surface area contributed by atoms with Crippen molar-refractivity contribution >= 4 is 28.5 Å². The Morgan fingerprint density at radius 1 is 1.33 bits per heavy atom. The number of halogens is 4. The zero-order valence-corrected chi connectivity index (χ0v) is 13.4. The molecule has 7 heteroatoms. The van der Waals surface area contributed by atoms with Crippen LogP contribution in [0.5, 0.6) is 5.75 Å². The number of amides is 1. The summed E-state index contributed by atoms with van der Waals surface area (Å²) in [5, 5.41) is 0. The molecule has 1 aliphatic heterocycles. The summed E-state index contributed by atoms with van der Waals surface area (Å²) in [5.41, 5.74) is 0. The highest BCUT2D eigenvalue weighted by Crippen LogP contribution is 2.33. The first kappa shape index (κ1) is 16.4. The molecule has 1 aromatic carbocycles. The van der Waals surface area contributed by atoms with Crippen LogP contribution in [-0.2, 0) is 4.79 Å². The summed E-state index contributed by atoms with van der Waals surface area (Å²) in [5.74, 6) is -1.29. The number of carbonyl (C=O) groups is 1. The fraction of sp³-hybridized carbons (Fsp3) is 0.500. The normalized spacial score (nSPS) is 19.4. The maximum Gasteiger partial charge on any atom is 0.393 e. The third-order valence-electron chi connectivity index (χ3n) is 3.41. The van der Waals surface area contributed by atoms with Gasteiger partial charge in [0, 0.05) is 16.7 Å². The average molecular weight is 413 g/mol. The third kappa shape index (κ3) is 4.76. The second-order valence-electron chi connectivity index (χ2n) is 4.96. The van der Waals surface area contributed by atoms with Crippen LogP contribution in [0.4, 0.5) is 13.2 Å². The van der Waals surface area contributed by atoms with Crippen molar-refractivity contribution in [1.29, 1.82) is 0 Å². The molecule has 1 aliphatic rings. The van der Waals surface area contributed by atoms with Crippen LogP contribution in [0.2, 0.25) is 0 Å². The van der Waals surface area contributed by atoms with Crippen molar-refractivity contribution in [3.8, 4) is 5.75 Å². The Morgan fingerprint density at radius 2 is 2.00 bits per heavy atom. The molecule has 0 radical (unpaired) electrons. The van der Waals surface area contributed by atoms with Gasteiger partial charge >= 0.3 is 6.18 Å². The van der Waals surface area contributed by atoms with Gasteiger partial charge in [-0.05, 0) is 59.7 Å². The first-order chi connectivity index (χ1) is 9.86. The molecule has 3 nitrogen and oxygen atoms in total. The summed E-state index contributed by atoms with van der Waals surface area (Å²) in [7, 11) is 0. The number of alkyl halides is 3. The lowest BCUT2D eigenvalue weighted by atomic mass is 9.97. The molecule has 116 valence electrons. The number of hydrogen-bond donors (Lipinski definition) is 0. The summed E-state index contributed by atoms with van der Waals surface area (Å²) in [6, 6.07) is 7.12. The van der Waals surface area contributed by atoms with E-state index in [1.54, 1.807) is 12.1 Å². The van der Waals surface area contributed by atoms with Crippen LogP contribution in [0.15, 0.2) is 24.3 Å². The van der Waals surface area contributed by atoms with Crippen LogP contribution in [0, 0.1) is 9.49 Å². The molecule has 1 unspecified atom stereocenters. The van der Waals surface area contributed by atoms with Gasteiger partial charge < -0.3 is 9.64 Å². The predicted octanol–water partition coefficient (Wildman–Crippen LogP) is 3.47. The fourth-order valence-electron chi connectivity index (χ4n) is 2.24. The Balaban J connectivity index is 1.86. The highest BCUT2D eigenvalue weighted by atomic mass is 127. The van der Waals surface area contributed by atoms with Crippen LogP contribution in [0.25, 0.3) is 0 Å². The van der Waals surface area contributed by atoms with E-state index >= 15 is 0 Å². The molecular weight excluding hydrogens is 398 g/mol. The second kappa shape index (κ2) is 6.85. The molecule has 1 saturated heterocycles. The number of likely N-dealkylation sites (tertiary alicyclic amines) is 1. The number of nitrogens with zero attached hydrogens (tertiary/aromatic N) is 1. The van der Waals surface area contributed by atoms with Crippen molar-refractivity contribution in [2.45, 2.75) is 19.0 Å². The minimum atomic E-state index is -4.24. The summed E-state index contributed by atoms with van der Waals surface area (Å²) in [4.78, 5) is 13.2. The highest BCUT2D eigenvalue weighted by Gasteiger charge is 2.42. The molecular formula is C14H15F3INO2. The first-order valence-corrected chi connectivity index (χ1v) is 7.67. The fourth-order valence-corrected chi connectivity index (χ4v) is 2.60. The molecule has 0 saturated carbocycles. The summed E-state index contributed by atoms with van der Waals surface area (Å²) in [6.07, 6.45) is -3.78. The van der Waals surface area contributed by atoms with Crippen molar-refractivity contribution in [3.63, 3.8) is 0 Å². The van der Waals surface area contributed by atoms with Gasteiger partial charge in [-0.15, -0.1) is 0 Å². The van der Waals surface area contributed by atoms with Crippen molar-refractivity contribution in [2.75, 3.05) is 19.7 Å². The maximum absolute atomic E-state index is 12.7. The Morgan fingerprint density at radius 3 is 2.62 bits per heavy atom. The number of piperidine rings is 1. The Kier molecular flexibility index (Phi) is 5.34. The molecule has 0 aromatic heterocycles. The Labute approximate surface area is 134 Å². The molecule has 1 aromatic rings. The average Bonchev–Trinajstić information content (AvgIpc) is 2.45. The number of ether oxygens (including phenoxy) is 1. The van der Waals surface area contributed by atoms with E-state index in [1.807, 2.05) is 12.1 Å². The third-order valence-corrected chi connectivity index (χ3v) is 4.13. The quantitative estimate of drug-likeness (QED) is 0.711. The predicted molar refractivity (Wildman–Crippen MR) is 80.0 cm³/mol. The van der Waals surface area contributed by atoms with Gasteiger partial charge in [0.2, 0.25) is 0 Å². The van der Waals surface area contributed by atoms with Crippen LogP contribution in [0.3, 0.4) is 0 Å². The van der Waals surface area contributed by atoms with E-state index in [9.17, 15) is 18.0 Å². The molecule has 2 rings (SSSR count). The SMILES string of the molecule is O=C(COc1ccc(I)cc1)N1CCCC(C(F)(F)F)C1. The standard InChI is InChI=1S/C14H15F3INO2/c15-14(16,17)10-2-1-7-19(8-10)13(20)9-21-12-5-3-11(18)4-6-12/h3-6,10H,1-2,7-9H2. The van der Waals surface area contributed by atoms with Gasteiger partial charge in [-0.3, -0.25) is 4.79 Å². The first-order valence-electron chi connectivity index (χ1n) is 6.59. The zero-order valence-electron chi connectivity index (χ0n) is 11.2. The molecule has 1 atom stereocenters. The van der Waals surface area contributed by atoms with Gasteiger partial charge in [-0.1, -0.05) is 0 Å². The van der Waals surface area contributed by atoms with Crippen LogP contribution in [-0.4, -0.2) is 36.7 Å².